The summed E-state index contributed by atoms with van der Waals surface area (Å²) in [4.78, 5) is 15.7. The van der Waals surface area contributed by atoms with Gasteiger partial charge >= 0.3 is 6.18 Å². The van der Waals surface area contributed by atoms with E-state index in [0.29, 0.717) is 9.44 Å². The normalized spacial score (nSPS) is 13.4. The van der Waals surface area contributed by atoms with E-state index in [0.717, 1.165) is 17.5 Å². The molecule has 0 N–H and O–H groups in total. The summed E-state index contributed by atoms with van der Waals surface area (Å²) in [5.74, 6) is -10.4. The van der Waals surface area contributed by atoms with Gasteiger partial charge in [0, 0.05) is 16.5 Å². The third-order valence-electron chi connectivity index (χ3n) is 3.37. The summed E-state index contributed by atoms with van der Waals surface area (Å²) in [7, 11) is 0. The molecule has 3 nitrogen and oxygen atoms in total. The van der Waals surface area contributed by atoms with E-state index < -0.39 is 52.0 Å². The maximum absolute atomic E-state index is 14.3. The first-order valence-corrected chi connectivity index (χ1v) is 8.19. The number of aryl methyl sites for hydroxylation is 1. The second kappa shape index (κ2) is 6.77. The van der Waals surface area contributed by atoms with E-state index in [1.807, 2.05) is 0 Å². The number of hydrogen-bond acceptors (Lipinski definition) is 2. The van der Waals surface area contributed by atoms with Crippen LogP contribution < -0.4 is 4.80 Å². The Morgan fingerprint density at radius 3 is 1.89 bits per heavy atom. The zero-order valence-corrected chi connectivity index (χ0v) is 15.3. The molecule has 0 aliphatic heterocycles. The van der Waals surface area contributed by atoms with E-state index in [1.165, 1.54) is 27.7 Å². The Hall–Kier alpha value is -2.17. The minimum Gasteiger partial charge on any atom is -0.286 e. The van der Waals surface area contributed by atoms with Crippen molar-refractivity contribution in [3.8, 4) is 5.69 Å². The van der Waals surface area contributed by atoms with Gasteiger partial charge in [0.25, 0.3) is 5.91 Å². The van der Waals surface area contributed by atoms with Crippen LogP contribution in [0.2, 0.25) is 0 Å². The molecular formula is C16H13F7N2OS. The van der Waals surface area contributed by atoms with Gasteiger partial charge in [0.2, 0.25) is 0 Å². The van der Waals surface area contributed by atoms with Gasteiger partial charge in [0.05, 0.1) is 0 Å². The molecule has 0 aliphatic carbocycles. The highest BCUT2D eigenvalue weighted by molar-refractivity contribution is 7.09. The third kappa shape index (κ3) is 3.92. The lowest BCUT2D eigenvalue weighted by Gasteiger charge is -2.15. The Morgan fingerprint density at radius 2 is 1.48 bits per heavy atom. The van der Waals surface area contributed by atoms with Crippen molar-refractivity contribution >= 4 is 17.2 Å². The van der Waals surface area contributed by atoms with Crippen LogP contribution in [0.1, 0.15) is 31.2 Å². The van der Waals surface area contributed by atoms with Crippen LogP contribution in [0.25, 0.3) is 5.69 Å². The quantitative estimate of drug-likeness (QED) is 0.483. The summed E-state index contributed by atoms with van der Waals surface area (Å²) in [5, 5.41) is 0. The molecule has 11 heteroatoms. The number of thiazole rings is 1. The number of carbonyl (C=O) groups is 1. The molecule has 2 rings (SSSR count). The minimum atomic E-state index is -5.64. The predicted octanol–water partition coefficient (Wildman–Crippen LogP) is 4.90. The highest BCUT2D eigenvalue weighted by atomic mass is 32.1. The summed E-state index contributed by atoms with van der Waals surface area (Å²) in [6, 6.07) is 0. The molecule has 0 bridgehead atoms. The first-order valence-electron chi connectivity index (χ1n) is 7.38. The molecule has 1 heterocycles. The van der Waals surface area contributed by atoms with E-state index in [4.69, 9.17) is 0 Å². The smallest absolute Gasteiger partial charge is 0.286 e. The van der Waals surface area contributed by atoms with Crippen LogP contribution in [0.4, 0.5) is 30.7 Å². The second-order valence-electron chi connectivity index (χ2n) is 6.64. The molecule has 1 aromatic heterocycles. The van der Waals surface area contributed by atoms with Gasteiger partial charge in [-0.2, -0.15) is 18.2 Å². The Bertz CT molecular complexity index is 951. The van der Waals surface area contributed by atoms with Crippen molar-refractivity contribution in [2.75, 3.05) is 0 Å². The van der Waals surface area contributed by atoms with Gasteiger partial charge in [0.1, 0.15) is 11.3 Å². The number of halogens is 7. The number of amides is 1. The molecule has 1 amide bonds. The van der Waals surface area contributed by atoms with Crippen molar-refractivity contribution < 1.29 is 35.5 Å². The molecule has 0 unspecified atom stereocenters. The van der Waals surface area contributed by atoms with Crippen LogP contribution in [-0.4, -0.2) is 10.5 Å². The number of rotatable bonds is 1. The molecule has 27 heavy (non-hydrogen) atoms. The lowest BCUT2D eigenvalue weighted by atomic mass is 9.96. The van der Waals surface area contributed by atoms with Crippen molar-refractivity contribution in [3.63, 3.8) is 0 Å². The SMILES string of the molecule is Cc1cn(-c2c(F)c(F)c(C(F)(F)F)c(F)c2F)c(=NC(=O)C(C)(C)C)s1. The van der Waals surface area contributed by atoms with Crippen LogP contribution >= 0.6 is 11.3 Å². The van der Waals surface area contributed by atoms with E-state index in [9.17, 15) is 35.5 Å². The zero-order valence-electron chi connectivity index (χ0n) is 14.4. The number of hydrogen-bond donors (Lipinski definition) is 0. The number of carbonyl (C=O) groups excluding carboxylic acids is 1. The Labute approximate surface area is 152 Å². The highest BCUT2D eigenvalue weighted by Crippen LogP contribution is 2.37. The van der Waals surface area contributed by atoms with Gasteiger partial charge < -0.3 is 0 Å². The largest absolute Gasteiger partial charge is 0.422 e. The van der Waals surface area contributed by atoms with Gasteiger partial charge in [-0.15, -0.1) is 11.3 Å². The van der Waals surface area contributed by atoms with E-state index >= 15 is 0 Å². The van der Waals surface area contributed by atoms with Crippen LogP contribution in [-0.2, 0) is 11.0 Å². The second-order valence-corrected chi connectivity index (χ2v) is 7.85. The van der Waals surface area contributed by atoms with Crippen molar-refractivity contribution in [2.24, 2.45) is 10.4 Å². The van der Waals surface area contributed by atoms with E-state index in [-0.39, 0.29) is 4.80 Å². The lowest BCUT2D eigenvalue weighted by Crippen LogP contribution is -2.25. The molecule has 0 saturated heterocycles. The number of nitrogens with zero attached hydrogens (tertiary/aromatic N) is 2. The number of benzene rings is 1. The fourth-order valence-electron chi connectivity index (χ4n) is 2.03. The average Bonchev–Trinajstić information content (AvgIpc) is 2.83. The molecule has 148 valence electrons. The van der Waals surface area contributed by atoms with Gasteiger partial charge in [-0.1, -0.05) is 20.8 Å². The predicted molar refractivity (Wildman–Crippen MR) is 83.2 cm³/mol. The van der Waals surface area contributed by atoms with Crippen molar-refractivity contribution in [1.82, 2.24) is 4.57 Å². The van der Waals surface area contributed by atoms with E-state index in [1.54, 1.807) is 0 Å². The third-order valence-corrected chi connectivity index (χ3v) is 4.27. The first-order chi connectivity index (χ1) is 12.2. The Kier molecular flexibility index (Phi) is 5.30. The maximum atomic E-state index is 14.3. The fraction of sp³-hybridized carbons (Fsp3) is 0.375. The molecular weight excluding hydrogens is 401 g/mol. The van der Waals surface area contributed by atoms with Crippen LogP contribution in [0, 0.1) is 35.6 Å². The van der Waals surface area contributed by atoms with Crippen molar-refractivity contribution in [3.05, 3.63) is 44.7 Å². The van der Waals surface area contributed by atoms with E-state index in [2.05, 4.69) is 4.99 Å². The highest BCUT2D eigenvalue weighted by Gasteiger charge is 2.42. The molecule has 0 spiro atoms. The first kappa shape index (κ1) is 21.1. The average molecular weight is 414 g/mol. The minimum absolute atomic E-state index is 0.343. The van der Waals surface area contributed by atoms with Gasteiger partial charge in [0.15, 0.2) is 28.1 Å². The van der Waals surface area contributed by atoms with Crippen molar-refractivity contribution in [1.29, 1.82) is 0 Å². The van der Waals surface area contributed by atoms with Crippen LogP contribution in [0.15, 0.2) is 11.2 Å². The summed E-state index contributed by atoms with van der Waals surface area (Å²) in [6.07, 6.45) is -4.63. The molecule has 0 fully saturated rings. The fourth-order valence-corrected chi connectivity index (χ4v) is 2.85. The van der Waals surface area contributed by atoms with Gasteiger partial charge in [-0.3, -0.25) is 9.36 Å². The summed E-state index contributed by atoms with van der Waals surface area (Å²) >= 11 is 0.768. The van der Waals surface area contributed by atoms with Crippen molar-refractivity contribution in [2.45, 2.75) is 33.9 Å². The van der Waals surface area contributed by atoms with Crippen LogP contribution in [0.3, 0.4) is 0 Å². The molecule has 0 aliphatic rings. The molecule has 0 radical (unpaired) electrons. The van der Waals surface area contributed by atoms with Crippen LogP contribution in [0.5, 0.6) is 0 Å². The number of alkyl halides is 3. The summed E-state index contributed by atoms with van der Waals surface area (Å²) < 4.78 is 94.9. The molecule has 0 saturated carbocycles. The summed E-state index contributed by atoms with van der Waals surface area (Å²) in [5.41, 5.74) is -5.07. The Balaban J connectivity index is 2.87. The topological polar surface area (TPSA) is 34.4 Å². The zero-order chi connectivity index (χ0) is 20.9. The lowest BCUT2D eigenvalue weighted by molar-refractivity contribution is -0.143. The van der Waals surface area contributed by atoms with Gasteiger partial charge in [-0.25, -0.2) is 17.6 Å². The standard InChI is InChI=1S/C16H13F7N2OS/c1-6-5-25(14(27-6)24-13(26)15(2,3)4)12-10(19)8(17)7(16(21,22)23)9(18)11(12)20/h5H,1-4H3. The van der Waals surface area contributed by atoms with Gasteiger partial charge in [-0.05, 0) is 6.92 Å². The summed E-state index contributed by atoms with van der Waals surface area (Å²) in [6.45, 7) is 6.00. The number of aromatic nitrogens is 1. The monoisotopic (exact) mass is 414 g/mol. The Morgan fingerprint density at radius 1 is 1.00 bits per heavy atom. The molecule has 1 aromatic carbocycles. The molecule has 0 atom stereocenters. The maximum Gasteiger partial charge on any atom is 0.422 e. The molecule has 2 aromatic rings.